The summed E-state index contributed by atoms with van der Waals surface area (Å²) in [4.78, 5) is 11.2. The summed E-state index contributed by atoms with van der Waals surface area (Å²) in [5.74, 6) is 0. The molecule has 0 unspecified atom stereocenters. The van der Waals surface area contributed by atoms with Crippen molar-refractivity contribution in [3.8, 4) is 0 Å². The summed E-state index contributed by atoms with van der Waals surface area (Å²) in [5.41, 5.74) is 6.59. The lowest BCUT2D eigenvalue weighted by Gasteiger charge is -1.95. The van der Waals surface area contributed by atoms with Crippen molar-refractivity contribution in [2.45, 2.75) is 0 Å². The van der Waals surface area contributed by atoms with Gasteiger partial charge >= 0.3 is 0 Å². The zero-order valence-electron chi connectivity index (χ0n) is 6.28. The lowest BCUT2D eigenvalue weighted by Crippen LogP contribution is -1.97. The van der Waals surface area contributed by atoms with Crippen LogP contribution in [0.5, 0.6) is 0 Å². The molecule has 0 atom stereocenters. The zero-order valence-corrected chi connectivity index (χ0v) is 6.28. The minimum absolute atomic E-state index is 0.0451. The van der Waals surface area contributed by atoms with Gasteiger partial charge in [-0.2, -0.15) is 0 Å². The minimum atomic E-state index is -0.0451. The van der Waals surface area contributed by atoms with Gasteiger partial charge in [-0.25, -0.2) is 0 Å². The van der Waals surface area contributed by atoms with E-state index in [2.05, 4.69) is 0 Å². The van der Waals surface area contributed by atoms with Crippen LogP contribution in [0.15, 0.2) is 39.7 Å². The number of hydrogen-bond acceptors (Lipinski definition) is 3. The standard InChI is InChI=1S/C9H7NO2/c10-6-1-2-7-8(11)3-4-12-9(7)5-6/h1-5H,10H2. The highest BCUT2D eigenvalue weighted by molar-refractivity contribution is 5.79. The van der Waals surface area contributed by atoms with Crippen molar-refractivity contribution in [3.63, 3.8) is 0 Å². The average molecular weight is 161 g/mol. The van der Waals surface area contributed by atoms with Gasteiger partial charge in [-0.1, -0.05) is 0 Å². The highest BCUT2D eigenvalue weighted by Crippen LogP contribution is 2.12. The topological polar surface area (TPSA) is 56.2 Å². The molecule has 0 aliphatic heterocycles. The number of hydrogen-bond donors (Lipinski definition) is 1. The Kier molecular flexibility index (Phi) is 1.37. The highest BCUT2D eigenvalue weighted by atomic mass is 16.3. The lowest BCUT2D eigenvalue weighted by molar-refractivity contribution is 0.603. The molecule has 0 amide bonds. The molecule has 1 aromatic heterocycles. The first kappa shape index (κ1) is 6.91. The van der Waals surface area contributed by atoms with Crippen LogP contribution in [-0.2, 0) is 0 Å². The third-order valence-corrected chi connectivity index (χ3v) is 1.69. The van der Waals surface area contributed by atoms with E-state index in [0.717, 1.165) is 0 Å². The minimum Gasteiger partial charge on any atom is -0.464 e. The second-order valence-electron chi connectivity index (χ2n) is 2.54. The van der Waals surface area contributed by atoms with Crippen molar-refractivity contribution >= 4 is 16.7 Å². The smallest absolute Gasteiger partial charge is 0.192 e. The first-order valence-electron chi connectivity index (χ1n) is 3.54. The van der Waals surface area contributed by atoms with Crippen LogP contribution in [0.3, 0.4) is 0 Å². The van der Waals surface area contributed by atoms with E-state index < -0.39 is 0 Å². The molecular weight excluding hydrogens is 154 g/mol. The molecule has 1 aromatic carbocycles. The number of fused-ring (bicyclic) bond motifs is 1. The van der Waals surface area contributed by atoms with Gasteiger partial charge in [-0.3, -0.25) is 4.79 Å². The molecule has 0 saturated heterocycles. The molecular formula is C9H7NO2. The first-order chi connectivity index (χ1) is 5.77. The van der Waals surface area contributed by atoms with Crippen LogP contribution >= 0.6 is 0 Å². The molecule has 2 N–H and O–H groups in total. The molecule has 0 spiro atoms. The fraction of sp³-hybridized carbons (Fsp3) is 0. The van der Waals surface area contributed by atoms with E-state index in [1.165, 1.54) is 12.3 Å². The number of rotatable bonds is 0. The van der Waals surface area contributed by atoms with Crippen LogP contribution in [0.1, 0.15) is 0 Å². The van der Waals surface area contributed by atoms with Crippen LogP contribution in [0.2, 0.25) is 0 Å². The molecule has 1 heterocycles. The Labute approximate surface area is 68.4 Å². The molecule has 0 saturated carbocycles. The summed E-state index contributed by atoms with van der Waals surface area (Å²) in [6.07, 6.45) is 1.37. The van der Waals surface area contributed by atoms with E-state index in [0.29, 0.717) is 16.7 Å². The maximum absolute atomic E-state index is 11.2. The third-order valence-electron chi connectivity index (χ3n) is 1.69. The van der Waals surface area contributed by atoms with Crippen molar-refractivity contribution < 1.29 is 4.42 Å². The predicted molar refractivity (Wildman–Crippen MR) is 46.9 cm³/mol. The maximum atomic E-state index is 11.2. The monoisotopic (exact) mass is 161 g/mol. The highest BCUT2D eigenvalue weighted by Gasteiger charge is 1.98. The summed E-state index contributed by atoms with van der Waals surface area (Å²) in [5, 5.41) is 0.562. The van der Waals surface area contributed by atoms with E-state index >= 15 is 0 Å². The summed E-state index contributed by atoms with van der Waals surface area (Å²) in [6.45, 7) is 0. The predicted octanol–water partition coefficient (Wildman–Crippen LogP) is 1.38. The lowest BCUT2D eigenvalue weighted by atomic mass is 10.2. The summed E-state index contributed by atoms with van der Waals surface area (Å²) in [7, 11) is 0. The van der Waals surface area contributed by atoms with Crippen LogP contribution in [-0.4, -0.2) is 0 Å². The van der Waals surface area contributed by atoms with Crippen LogP contribution in [0.25, 0.3) is 11.0 Å². The second kappa shape index (κ2) is 2.37. The molecule has 3 nitrogen and oxygen atoms in total. The van der Waals surface area contributed by atoms with Crippen LogP contribution < -0.4 is 11.2 Å². The zero-order chi connectivity index (χ0) is 8.55. The van der Waals surface area contributed by atoms with Gasteiger partial charge in [-0.05, 0) is 12.1 Å². The number of benzene rings is 1. The van der Waals surface area contributed by atoms with Gasteiger partial charge < -0.3 is 10.2 Å². The summed E-state index contributed by atoms with van der Waals surface area (Å²) >= 11 is 0. The number of anilines is 1. The molecule has 0 bridgehead atoms. The van der Waals surface area contributed by atoms with E-state index in [9.17, 15) is 4.79 Å². The molecule has 2 rings (SSSR count). The fourth-order valence-electron chi connectivity index (χ4n) is 1.10. The molecule has 0 aliphatic rings. The van der Waals surface area contributed by atoms with E-state index in [1.54, 1.807) is 18.2 Å². The van der Waals surface area contributed by atoms with Gasteiger partial charge in [0.05, 0.1) is 11.6 Å². The van der Waals surface area contributed by atoms with Crippen molar-refractivity contribution in [1.29, 1.82) is 0 Å². The molecule has 0 fully saturated rings. The normalized spacial score (nSPS) is 10.3. The summed E-state index contributed by atoms with van der Waals surface area (Å²) < 4.78 is 5.09. The van der Waals surface area contributed by atoms with Gasteiger partial charge in [0.1, 0.15) is 5.58 Å². The Morgan fingerprint density at radius 3 is 2.92 bits per heavy atom. The van der Waals surface area contributed by atoms with Gasteiger partial charge in [-0.15, -0.1) is 0 Å². The maximum Gasteiger partial charge on any atom is 0.192 e. The second-order valence-corrected chi connectivity index (χ2v) is 2.54. The Hall–Kier alpha value is -1.77. The summed E-state index contributed by atoms with van der Waals surface area (Å²) in [6, 6.07) is 6.37. The SMILES string of the molecule is Nc1ccc2c(=O)ccoc2c1. The van der Waals surface area contributed by atoms with Gasteiger partial charge in [0.2, 0.25) is 0 Å². The quantitative estimate of drug-likeness (QED) is 0.594. The van der Waals surface area contributed by atoms with Crippen molar-refractivity contribution in [2.24, 2.45) is 0 Å². The average Bonchev–Trinajstić information content (AvgIpc) is 2.04. The van der Waals surface area contributed by atoms with E-state index in [-0.39, 0.29) is 5.43 Å². The van der Waals surface area contributed by atoms with E-state index in [4.69, 9.17) is 10.2 Å². The molecule has 0 radical (unpaired) electrons. The molecule has 60 valence electrons. The Morgan fingerprint density at radius 2 is 2.08 bits per heavy atom. The molecule has 12 heavy (non-hydrogen) atoms. The van der Waals surface area contributed by atoms with Crippen LogP contribution in [0.4, 0.5) is 5.69 Å². The van der Waals surface area contributed by atoms with Gasteiger partial charge in [0, 0.05) is 17.8 Å². The largest absolute Gasteiger partial charge is 0.464 e. The van der Waals surface area contributed by atoms with E-state index in [1.807, 2.05) is 0 Å². The number of nitrogen functional groups attached to an aromatic ring is 1. The third kappa shape index (κ3) is 0.955. The van der Waals surface area contributed by atoms with Crippen LogP contribution in [0, 0.1) is 0 Å². The Morgan fingerprint density at radius 1 is 1.25 bits per heavy atom. The number of nitrogens with two attached hydrogens (primary N) is 1. The Balaban J connectivity index is 2.96. The fourth-order valence-corrected chi connectivity index (χ4v) is 1.10. The van der Waals surface area contributed by atoms with Crippen molar-refractivity contribution in [2.75, 3.05) is 5.73 Å². The van der Waals surface area contributed by atoms with Crippen molar-refractivity contribution in [1.82, 2.24) is 0 Å². The molecule has 2 aromatic rings. The molecule has 0 aliphatic carbocycles. The van der Waals surface area contributed by atoms with Gasteiger partial charge in [0.15, 0.2) is 5.43 Å². The van der Waals surface area contributed by atoms with Gasteiger partial charge in [0.25, 0.3) is 0 Å². The first-order valence-corrected chi connectivity index (χ1v) is 3.54. The van der Waals surface area contributed by atoms with Crippen molar-refractivity contribution in [3.05, 3.63) is 40.8 Å². The molecule has 3 heteroatoms. The Bertz CT molecular complexity index is 473.